The van der Waals surface area contributed by atoms with E-state index < -0.39 is 5.41 Å². The Bertz CT molecular complexity index is 3580. The van der Waals surface area contributed by atoms with Crippen LogP contribution < -0.4 is 4.90 Å². The zero-order valence-electron chi connectivity index (χ0n) is 34.5. The van der Waals surface area contributed by atoms with Crippen molar-refractivity contribution in [1.82, 2.24) is 4.57 Å². The Hall–Kier alpha value is -8.20. The highest BCUT2D eigenvalue weighted by molar-refractivity contribution is 6.13. The zero-order chi connectivity index (χ0) is 41.5. The van der Waals surface area contributed by atoms with E-state index in [1.54, 1.807) is 0 Å². The number of anilines is 3. The standard InChI is InChI=1S/C61H40N2/c1-3-19-41(20-4-1)42-21-17-22-43(39-42)46-25-8-13-33-56(46)62(45-23-5-2-6-24-45)57-34-14-9-26-47(57)44-37-38-49-48-27-7-11-30-52(48)61(55(49)40-44)53-31-12-16-36-59(53)63-58-35-15-10-28-50(58)51-29-18-32-54(61)60(51)63/h1-40H. The van der Waals surface area contributed by atoms with Gasteiger partial charge in [-0.1, -0.05) is 194 Å². The van der Waals surface area contributed by atoms with Gasteiger partial charge in [0.25, 0.3) is 0 Å². The lowest BCUT2D eigenvalue weighted by atomic mass is 9.65. The number of hydrogen-bond donors (Lipinski definition) is 0. The average Bonchev–Trinajstić information content (AvgIpc) is 3.85. The lowest BCUT2D eigenvalue weighted by Crippen LogP contribution is -2.33. The fourth-order valence-corrected chi connectivity index (χ4v) is 11.0. The third kappa shape index (κ3) is 5.13. The maximum absolute atomic E-state index is 2.52. The predicted octanol–water partition coefficient (Wildman–Crippen LogP) is 15.9. The van der Waals surface area contributed by atoms with Gasteiger partial charge < -0.3 is 9.47 Å². The van der Waals surface area contributed by atoms with Gasteiger partial charge in [-0.05, 0) is 104 Å². The maximum Gasteiger partial charge on any atom is 0.0754 e. The van der Waals surface area contributed by atoms with Crippen LogP contribution in [0.25, 0.3) is 72.0 Å². The number of rotatable bonds is 6. The van der Waals surface area contributed by atoms with Gasteiger partial charge in [-0.3, -0.25) is 0 Å². The summed E-state index contributed by atoms with van der Waals surface area (Å²) in [4.78, 5) is 2.45. The molecule has 1 spiro atoms. The fourth-order valence-electron chi connectivity index (χ4n) is 11.0. The lowest BCUT2D eigenvalue weighted by Gasteiger charge is -2.39. The largest absolute Gasteiger partial charge is 0.309 e. The van der Waals surface area contributed by atoms with Crippen LogP contribution in [0, 0.1) is 0 Å². The van der Waals surface area contributed by atoms with E-state index >= 15 is 0 Å². The topological polar surface area (TPSA) is 8.17 Å². The molecule has 1 aromatic heterocycles. The highest BCUT2D eigenvalue weighted by Crippen LogP contribution is 2.61. The van der Waals surface area contributed by atoms with E-state index in [0.29, 0.717) is 0 Å². The first-order chi connectivity index (χ1) is 31.3. The summed E-state index contributed by atoms with van der Waals surface area (Å²) >= 11 is 0. The maximum atomic E-state index is 2.52. The molecule has 294 valence electrons. The smallest absolute Gasteiger partial charge is 0.0754 e. The van der Waals surface area contributed by atoms with Crippen molar-refractivity contribution in [3.8, 4) is 50.2 Å². The van der Waals surface area contributed by atoms with Crippen molar-refractivity contribution in [2.45, 2.75) is 5.41 Å². The number of fused-ring (bicyclic) bond motifs is 12. The number of para-hydroxylation sites is 6. The van der Waals surface area contributed by atoms with Crippen LogP contribution >= 0.6 is 0 Å². The summed E-state index contributed by atoms with van der Waals surface area (Å²) in [7, 11) is 0. The molecule has 63 heavy (non-hydrogen) atoms. The summed E-state index contributed by atoms with van der Waals surface area (Å²) in [5.41, 5.74) is 21.5. The molecule has 0 bridgehead atoms. The van der Waals surface area contributed by atoms with E-state index in [1.165, 1.54) is 94.3 Å². The van der Waals surface area contributed by atoms with Crippen molar-refractivity contribution in [2.75, 3.05) is 4.90 Å². The van der Waals surface area contributed by atoms with Crippen molar-refractivity contribution in [2.24, 2.45) is 0 Å². The second-order valence-electron chi connectivity index (χ2n) is 16.8. The predicted molar refractivity (Wildman–Crippen MR) is 263 cm³/mol. The van der Waals surface area contributed by atoms with Crippen LogP contribution in [-0.4, -0.2) is 4.57 Å². The number of aromatic nitrogens is 1. The van der Waals surface area contributed by atoms with Crippen LogP contribution in [0.5, 0.6) is 0 Å². The minimum atomic E-state index is -0.535. The van der Waals surface area contributed by atoms with E-state index in [-0.39, 0.29) is 0 Å². The second kappa shape index (κ2) is 13.9. The van der Waals surface area contributed by atoms with Gasteiger partial charge in [-0.25, -0.2) is 0 Å². The molecule has 0 amide bonds. The van der Waals surface area contributed by atoms with E-state index in [9.17, 15) is 0 Å². The molecule has 1 atom stereocenters. The minimum Gasteiger partial charge on any atom is -0.309 e. The van der Waals surface area contributed by atoms with Gasteiger partial charge >= 0.3 is 0 Å². The summed E-state index contributed by atoms with van der Waals surface area (Å²) in [5, 5.41) is 2.57. The molecule has 10 aromatic carbocycles. The number of benzene rings is 10. The van der Waals surface area contributed by atoms with Gasteiger partial charge in [0.05, 0.1) is 33.5 Å². The van der Waals surface area contributed by atoms with Crippen LogP contribution in [0.4, 0.5) is 17.1 Å². The summed E-state index contributed by atoms with van der Waals surface area (Å²) in [6.45, 7) is 0. The van der Waals surface area contributed by atoms with E-state index in [2.05, 4.69) is 252 Å². The molecule has 1 unspecified atom stereocenters. The van der Waals surface area contributed by atoms with Gasteiger partial charge in [0, 0.05) is 27.6 Å². The molecule has 0 fully saturated rings. The Balaban J connectivity index is 1.05. The van der Waals surface area contributed by atoms with Crippen molar-refractivity contribution in [3.05, 3.63) is 265 Å². The second-order valence-corrected chi connectivity index (χ2v) is 16.8. The van der Waals surface area contributed by atoms with Crippen LogP contribution in [0.3, 0.4) is 0 Å². The van der Waals surface area contributed by atoms with Gasteiger partial charge in [0.15, 0.2) is 0 Å². The monoisotopic (exact) mass is 800 g/mol. The van der Waals surface area contributed by atoms with Gasteiger partial charge in [-0.2, -0.15) is 0 Å². The van der Waals surface area contributed by atoms with Gasteiger partial charge in [0.2, 0.25) is 0 Å². The van der Waals surface area contributed by atoms with Crippen molar-refractivity contribution < 1.29 is 0 Å². The highest BCUT2D eigenvalue weighted by Gasteiger charge is 2.50. The Labute approximate surface area is 367 Å². The summed E-state index contributed by atoms with van der Waals surface area (Å²) < 4.78 is 2.52. The van der Waals surface area contributed by atoms with Crippen LogP contribution in [0.15, 0.2) is 243 Å². The molecule has 0 saturated heterocycles. The van der Waals surface area contributed by atoms with Gasteiger partial charge in [-0.15, -0.1) is 0 Å². The average molecular weight is 801 g/mol. The molecular formula is C61H40N2. The van der Waals surface area contributed by atoms with Crippen molar-refractivity contribution in [3.63, 3.8) is 0 Å². The molecule has 0 radical (unpaired) electrons. The normalized spacial score (nSPS) is 14.4. The summed E-state index contributed by atoms with van der Waals surface area (Å²) in [5.74, 6) is 0. The quantitative estimate of drug-likeness (QED) is 0.163. The van der Waals surface area contributed by atoms with E-state index in [0.717, 1.165) is 17.1 Å². The Kier molecular flexibility index (Phi) is 7.85. The molecule has 1 aliphatic heterocycles. The van der Waals surface area contributed by atoms with E-state index in [1.807, 2.05) is 0 Å². The molecule has 11 aromatic rings. The summed E-state index contributed by atoms with van der Waals surface area (Å²) in [6.07, 6.45) is 0. The Morgan fingerprint density at radius 3 is 1.65 bits per heavy atom. The van der Waals surface area contributed by atoms with Crippen molar-refractivity contribution >= 4 is 38.9 Å². The van der Waals surface area contributed by atoms with Crippen LogP contribution in [-0.2, 0) is 5.41 Å². The van der Waals surface area contributed by atoms with Crippen LogP contribution in [0.1, 0.15) is 22.3 Å². The fraction of sp³-hybridized carbons (Fsp3) is 0.0164. The lowest BCUT2D eigenvalue weighted by molar-refractivity contribution is 0.749. The molecule has 2 heterocycles. The summed E-state index contributed by atoms with van der Waals surface area (Å²) in [6, 6.07) is 89.5. The molecule has 2 aliphatic rings. The SMILES string of the molecule is c1ccc(-c2cccc(-c3ccccc3N(c3ccccc3)c3ccccc3-c3ccc4c(c3)C3(c5ccccc5-4)c4ccccc4-n4c5ccccc5c5cccc3c54)c2)cc1. The molecule has 0 saturated carbocycles. The first-order valence-electron chi connectivity index (χ1n) is 21.9. The van der Waals surface area contributed by atoms with E-state index in [4.69, 9.17) is 0 Å². The first kappa shape index (κ1) is 35.5. The number of nitrogens with zero attached hydrogens (tertiary/aromatic N) is 2. The van der Waals surface area contributed by atoms with Gasteiger partial charge in [0.1, 0.15) is 0 Å². The molecule has 1 aliphatic carbocycles. The van der Waals surface area contributed by atoms with Crippen LogP contribution in [0.2, 0.25) is 0 Å². The Morgan fingerprint density at radius 2 is 0.857 bits per heavy atom. The number of hydrogen-bond acceptors (Lipinski definition) is 1. The minimum absolute atomic E-state index is 0.535. The first-order valence-corrected chi connectivity index (χ1v) is 21.9. The van der Waals surface area contributed by atoms with Crippen molar-refractivity contribution in [1.29, 1.82) is 0 Å². The molecular weight excluding hydrogens is 761 g/mol. The third-order valence-electron chi connectivity index (χ3n) is 13.6. The molecule has 13 rings (SSSR count). The third-order valence-corrected chi connectivity index (χ3v) is 13.6. The molecule has 2 heteroatoms. The Morgan fingerprint density at radius 1 is 0.317 bits per heavy atom. The zero-order valence-corrected chi connectivity index (χ0v) is 34.5. The molecule has 0 N–H and O–H groups in total. The molecule has 2 nitrogen and oxygen atoms in total. The highest BCUT2D eigenvalue weighted by atomic mass is 15.1.